The van der Waals surface area contributed by atoms with Crippen molar-refractivity contribution in [3.8, 4) is 0 Å². The lowest BCUT2D eigenvalue weighted by Crippen LogP contribution is -2.00. The van der Waals surface area contributed by atoms with E-state index in [2.05, 4.69) is 11.6 Å². The van der Waals surface area contributed by atoms with E-state index in [1.54, 1.807) is 6.20 Å². The maximum Gasteiger partial charge on any atom is 0.133 e. The van der Waals surface area contributed by atoms with Gasteiger partial charge in [-0.25, -0.2) is 0 Å². The van der Waals surface area contributed by atoms with Crippen molar-refractivity contribution in [1.29, 1.82) is 0 Å². The van der Waals surface area contributed by atoms with Gasteiger partial charge in [0.25, 0.3) is 0 Å². The van der Waals surface area contributed by atoms with Crippen LogP contribution in [0.4, 0.5) is 0 Å². The quantitative estimate of drug-likeness (QED) is 0.665. The second kappa shape index (κ2) is 6.12. The fourth-order valence-electron chi connectivity index (χ4n) is 1.31. The molecule has 0 saturated carbocycles. The van der Waals surface area contributed by atoms with Crippen molar-refractivity contribution in [3.05, 3.63) is 42.2 Å². The Balaban J connectivity index is 2.26. The smallest absolute Gasteiger partial charge is 0.133 e. The molecule has 1 aromatic heterocycles. The predicted molar refractivity (Wildman–Crippen MR) is 61.6 cm³/mol. The summed E-state index contributed by atoms with van der Waals surface area (Å²) in [6.07, 6.45) is 6.39. The highest BCUT2D eigenvalue weighted by molar-refractivity contribution is 5.78. The van der Waals surface area contributed by atoms with E-state index in [0.29, 0.717) is 18.6 Å². The Hall–Kier alpha value is -1.44. The topological polar surface area (TPSA) is 30.0 Å². The highest BCUT2D eigenvalue weighted by atomic mass is 16.1. The number of aryl methyl sites for hydroxylation is 1. The van der Waals surface area contributed by atoms with Crippen LogP contribution in [-0.4, -0.2) is 10.8 Å². The van der Waals surface area contributed by atoms with E-state index in [4.69, 9.17) is 0 Å². The largest absolute Gasteiger partial charge is 0.300 e. The van der Waals surface area contributed by atoms with Crippen molar-refractivity contribution in [1.82, 2.24) is 4.98 Å². The van der Waals surface area contributed by atoms with E-state index < -0.39 is 0 Å². The number of hydrogen-bond donors (Lipinski definition) is 0. The van der Waals surface area contributed by atoms with Crippen LogP contribution in [0, 0.1) is 0 Å². The molecule has 0 bridgehead atoms. The maximum absolute atomic E-state index is 11.5. The molecular weight excluding hydrogens is 186 g/mol. The number of carbonyl (C=O) groups is 1. The zero-order valence-electron chi connectivity index (χ0n) is 9.20. The first-order chi connectivity index (χ1) is 7.18. The summed E-state index contributed by atoms with van der Waals surface area (Å²) in [4.78, 5) is 15.5. The fraction of sp³-hybridized carbons (Fsp3) is 0.385. The molecule has 80 valence electrons. The van der Waals surface area contributed by atoms with Crippen LogP contribution in [0.1, 0.15) is 31.7 Å². The van der Waals surface area contributed by atoms with Crippen LogP contribution < -0.4 is 0 Å². The number of aromatic nitrogens is 1. The van der Waals surface area contributed by atoms with E-state index in [1.807, 2.05) is 25.3 Å². The Morgan fingerprint density at radius 3 is 2.80 bits per heavy atom. The summed E-state index contributed by atoms with van der Waals surface area (Å²) in [5.41, 5.74) is 2.20. The van der Waals surface area contributed by atoms with Gasteiger partial charge in [-0.15, -0.1) is 6.58 Å². The minimum Gasteiger partial charge on any atom is -0.300 e. The summed E-state index contributed by atoms with van der Waals surface area (Å²) in [5, 5.41) is 0. The molecule has 0 aliphatic rings. The van der Waals surface area contributed by atoms with Crippen LogP contribution in [0.3, 0.4) is 0 Å². The monoisotopic (exact) mass is 203 g/mol. The molecule has 1 rings (SSSR count). The molecule has 1 heterocycles. The standard InChI is InChI=1S/C13H17NO/c1-11(2)5-7-13(15)8-6-12-4-3-9-14-10-12/h3-4,9-10H,1,5-8H2,2H3. The molecule has 0 atom stereocenters. The Kier molecular flexibility index (Phi) is 4.75. The molecular formula is C13H17NO. The van der Waals surface area contributed by atoms with Crippen molar-refractivity contribution in [2.45, 2.75) is 32.6 Å². The van der Waals surface area contributed by atoms with E-state index >= 15 is 0 Å². The summed E-state index contributed by atoms with van der Waals surface area (Å²) in [6, 6.07) is 3.90. The summed E-state index contributed by atoms with van der Waals surface area (Å²) >= 11 is 0. The van der Waals surface area contributed by atoms with Crippen molar-refractivity contribution < 1.29 is 4.79 Å². The van der Waals surface area contributed by atoms with Gasteiger partial charge >= 0.3 is 0 Å². The lowest BCUT2D eigenvalue weighted by Gasteiger charge is -2.01. The van der Waals surface area contributed by atoms with Gasteiger partial charge < -0.3 is 0 Å². The molecule has 0 aliphatic heterocycles. The Morgan fingerprint density at radius 1 is 1.40 bits per heavy atom. The molecule has 0 saturated heterocycles. The Morgan fingerprint density at radius 2 is 2.20 bits per heavy atom. The van der Waals surface area contributed by atoms with Crippen molar-refractivity contribution >= 4 is 5.78 Å². The number of hydrogen-bond acceptors (Lipinski definition) is 2. The average molecular weight is 203 g/mol. The number of pyridine rings is 1. The molecule has 0 spiro atoms. The molecule has 2 nitrogen and oxygen atoms in total. The van der Waals surface area contributed by atoms with Crippen LogP contribution in [0.5, 0.6) is 0 Å². The third kappa shape index (κ3) is 5.11. The normalized spacial score (nSPS) is 9.93. The van der Waals surface area contributed by atoms with Gasteiger partial charge in [-0.2, -0.15) is 0 Å². The van der Waals surface area contributed by atoms with E-state index in [0.717, 1.165) is 24.0 Å². The van der Waals surface area contributed by atoms with Gasteiger partial charge in [0.2, 0.25) is 0 Å². The number of carbonyl (C=O) groups excluding carboxylic acids is 1. The van der Waals surface area contributed by atoms with Gasteiger partial charge in [-0.05, 0) is 31.4 Å². The van der Waals surface area contributed by atoms with Crippen LogP contribution in [0.25, 0.3) is 0 Å². The van der Waals surface area contributed by atoms with Crippen LogP contribution in [-0.2, 0) is 11.2 Å². The van der Waals surface area contributed by atoms with Gasteiger partial charge in [0.15, 0.2) is 0 Å². The number of nitrogens with zero attached hydrogens (tertiary/aromatic N) is 1. The minimum atomic E-state index is 0.307. The van der Waals surface area contributed by atoms with Crippen LogP contribution in [0.2, 0.25) is 0 Å². The first-order valence-corrected chi connectivity index (χ1v) is 5.23. The Bertz CT molecular complexity index is 330. The number of Topliss-reactive ketones (excluding diaryl/α,β-unsaturated/α-hetero) is 1. The number of rotatable bonds is 6. The molecule has 0 fully saturated rings. The fourth-order valence-corrected chi connectivity index (χ4v) is 1.31. The van der Waals surface area contributed by atoms with Crippen LogP contribution in [0.15, 0.2) is 36.7 Å². The van der Waals surface area contributed by atoms with Gasteiger partial charge in [-0.1, -0.05) is 11.6 Å². The summed E-state index contributed by atoms with van der Waals surface area (Å²) < 4.78 is 0. The van der Waals surface area contributed by atoms with Crippen LogP contribution >= 0.6 is 0 Å². The van der Waals surface area contributed by atoms with Crippen molar-refractivity contribution in [2.75, 3.05) is 0 Å². The number of ketones is 1. The summed E-state index contributed by atoms with van der Waals surface area (Å²) in [5.74, 6) is 0.307. The zero-order valence-corrected chi connectivity index (χ0v) is 9.20. The second-order valence-electron chi connectivity index (χ2n) is 3.86. The van der Waals surface area contributed by atoms with Crippen molar-refractivity contribution in [3.63, 3.8) is 0 Å². The molecule has 0 N–H and O–H groups in total. The first-order valence-electron chi connectivity index (χ1n) is 5.23. The molecule has 0 unspecified atom stereocenters. The van der Waals surface area contributed by atoms with Gasteiger partial charge in [0, 0.05) is 25.2 Å². The van der Waals surface area contributed by atoms with E-state index in [1.165, 1.54) is 0 Å². The predicted octanol–water partition coefficient (Wildman–Crippen LogP) is 2.94. The van der Waals surface area contributed by atoms with Gasteiger partial charge in [0.1, 0.15) is 5.78 Å². The van der Waals surface area contributed by atoms with Gasteiger partial charge in [-0.3, -0.25) is 9.78 Å². The maximum atomic E-state index is 11.5. The average Bonchev–Trinajstić information content (AvgIpc) is 2.25. The third-order valence-corrected chi connectivity index (χ3v) is 2.25. The summed E-state index contributed by atoms with van der Waals surface area (Å²) in [6.45, 7) is 5.74. The van der Waals surface area contributed by atoms with E-state index in [-0.39, 0.29) is 0 Å². The molecule has 15 heavy (non-hydrogen) atoms. The lowest BCUT2D eigenvalue weighted by atomic mass is 10.0. The lowest BCUT2D eigenvalue weighted by molar-refractivity contribution is -0.119. The van der Waals surface area contributed by atoms with E-state index in [9.17, 15) is 4.79 Å². The highest BCUT2D eigenvalue weighted by Crippen LogP contribution is 2.06. The van der Waals surface area contributed by atoms with Gasteiger partial charge in [0.05, 0.1) is 0 Å². The highest BCUT2D eigenvalue weighted by Gasteiger charge is 2.02. The van der Waals surface area contributed by atoms with Crippen molar-refractivity contribution in [2.24, 2.45) is 0 Å². The second-order valence-corrected chi connectivity index (χ2v) is 3.86. The molecule has 0 aliphatic carbocycles. The molecule has 0 amide bonds. The summed E-state index contributed by atoms with van der Waals surface area (Å²) in [7, 11) is 0. The minimum absolute atomic E-state index is 0.307. The molecule has 0 aromatic carbocycles. The SMILES string of the molecule is C=C(C)CCC(=O)CCc1cccnc1. The Labute approximate surface area is 91.0 Å². The molecule has 1 aromatic rings. The molecule has 0 radical (unpaired) electrons. The molecule has 2 heteroatoms. The number of allylic oxidation sites excluding steroid dienone is 1. The third-order valence-electron chi connectivity index (χ3n) is 2.25. The zero-order chi connectivity index (χ0) is 11.1. The first kappa shape index (κ1) is 11.6.